The van der Waals surface area contributed by atoms with Crippen molar-refractivity contribution in [3.8, 4) is 0 Å². The topological polar surface area (TPSA) is 72.8 Å². The maximum absolute atomic E-state index is 14.8. The van der Waals surface area contributed by atoms with Gasteiger partial charge in [0.25, 0.3) is 0 Å². The number of aliphatic hydroxyl groups is 1. The molecule has 3 saturated carbocycles. The zero-order chi connectivity index (χ0) is 33.8. The SMILES string of the molecule is C=C(C)C(=O)OCC(CCOC(=O)C(=C)CO)C1CCC(C2CCC(C3CCC(c4ccc(CCCCC)c(F)c4)CC3)CC2)CC1. The lowest BCUT2D eigenvalue weighted by Crippen LogP contribution is -2.32. The molecule has 1 aromatic carbocycles. The number of aryl methyl sites for hydroxylation is 1. The van der Waals surface area contributed by atoms with Crippen molar-refractivity contribution in [2.45, 2.75) is 129 Å². The highest BCUT2D eigenvalue weighted by atomic mass is 19.1. The number of rotatable bonds is 16. The average molecular weight is 653 g/mol. The van der Waals surface area contributed by atoms with Crippen molar-refractivity contribution in [3.63, 3.8) is 0 Å². The van der Waals surface area contributed by atoms with Crippen LogP contribution in [-0.4, -0.2) is 36.9 Å². The molecule has 0 heterocycles. The Morgan fingerprint density at radius 3 is 1.96 bits per heavy atom. The molecule has 0 spiro atoms. The first-order chi connectivity index (χ1) is 22.7. The Morgan fingerprint density at radius 1 is 0.851 bits per heavy atom. The van der Waals surface area contributed by atoms with Crippen LogP contribution in [0.25, 0.3) is 0 Å². The minimum absolute atomic E-state index is 0.00109. The molecule has 0 saturated heterocycles. The number of esters is 2. The van der Waals surface area contributed by atoms with Gasteiger partial charge in [-0.3, -0.25) is 0 Å². The fourth-order valence-corrected chi connectivity index (χ4v) is 8.92. The van der Waals surface area contributed by atoms with E-state index in [1.165, 1.54) is 69.8 Å². The average Bonchev–Trinajstić information content (AvgIpc) is 3.10. The molecule has 0 aliphatic heterocycles. The monoisotopic (exact) mass is 652 g/mol. The Balaban J connectivity index is 1.19. The van der Waals surface area contributed by atoms with Crippen LogP contribution in [-0.2, 0) is 25.5 Å². The first kappa shape index (κ1) is 37.4. The highest BCUT2D eigenvalue weighted by molar-refractivity contribution is 5.88. The molecule has 5 nitrogen and oxygen atoms in total. The number of hydrogen-bond acceptors (Lipinski definition) is 5. The van der Waals surface area contributed by atoms with Gasteiger partial charge in [0.05, 0.1) is 25.4 Å². The predicted octanol–water partition coefficient (Wildman–Crippen LogP) is 9.66. The molecule has 0 radical (unpaired) electrons. The van der Waals surface area contributed by atoms with Gasteiger partial charge in [0.2, 0.25) is 0 Å². The Labute approximate surface area is 283 Å². The van der Waals surface area contributed by atoms with Gasteiger partial charge in [-0.2, -0.15) is 0 Å². The van der Waals surface area contributed by atoms with Gasteiger partial charge in [-0.05, 0) is 162 Å². The zero-order valence-corrected chi connectivity index (χ0v) is 29.3. The number of ether oxygens (including phenoxy) is 2. The number of aliphatic hydroxyl groups excluding tert-OH is 1. The summed E-state index contributed by atoms with van der Waals surface area (Å²) in [5.41, 5.74) is 2.53. The molecule has 1 atom stereocenters. The summed E-state index contributed by atoms with van der Waals surface area (Å²) in [4.78, 5) is 24.1. The summed E-state index contributed by atoms with van der Waals surface area (Å²) in [5, 5.41) is 9.14. The molecule has 0 aromatic heterocycles. The second-order valence-electron chi connectivity index (χ2n) is 15.1. The zero-order valence-electron chi connectivity index (χ0n) is 29.3. The number of halogens is 1. The van der Waals surface area contributed by atoms with E-state index in [1.807, 2.05) is 6.07 Å². The van der Waals surface area contributed by atoms with Crippen molar-refractivity contribution in [2.24, 2.45) is 35.5 Å². The number of unbranched alkanes of at least 4 members (excludes halogenated alkanes) is 2. The van der Waals surface area contributed by atoms with Crippen LogP contribution in [0.3, 0.4) is 0 Å². The number of carbonyl (C=O) groups is 2. The molecule has 1 N–H and O–H groups in total. The van der Waals surface area contributed by atoms with Gasteiger partial charge in [-0.25, -0.2) is 14.0 Å². The van der Waals surface area contributed by atoms with Crippen molar-refractivity contribution in [1.29, 1.82) is 0 Å². The van der Waals surface area contributed by atoms with Gasteiger partial charge in [0, 0.05) is 5.57 Å². The first-order valence-electron chi connectivity index (χ1n) is 18.8. The lowest BCUT2D eigenvalue weighted by molar-refractivity contribution is -0.144. The molecular weight excluding hydrogens is 591 g/mol. The van der Waals surface area contributed by atoms with Crippen LogP contribution in [0.4, 0.5) is 4.39 Å². The van der Waals surface area contributed by atoms with E-state index >= 15 is 0 Å². The molecule has 1 aromatic rings. The second-order valence-corrected chi connectivity index (χ2v) is 15.1. The summed E-state index contributed by atoms with van der Waals surface area (Å²) in [6.45, 7) is 11.2. The first-order valence-corrected chi connectivity index (χ1v) is 18.8. The standard InChI is InChI=1S/C41H61FO5/c1-5-6-7-8-36-21-22-37(25-39(36)42)34-17-13-32(14-18-34)30-9-11-31(12-10-30)33-15-19-35(20-16-33)38(27-47-40(44)28(2)3)23-24-46-41(45)29(4)26-43/h21-22,25,30-35,38,43H,2,4-20,23-24,26-27H2,1,3H3. The third-order valence-electron chi connectivity index (χ3n) is 12.0. The van der Waals surface area contributed by atoms with E-state index in [4.69, 9.17) is 14.6 Å². The van der Waals surface area contributed by atoms with E-state index in [2.05, 4.69) is 32.2 Å². The lowest BCUT2D eigenvalue weighted by atomic mass is 9.64. The fourth-order valence-electron chi connectivity index (χ4n) is 8.92. The third kappa shape index (κ3) is 11.0. The molecule has 262 valence electrons. The Kier molecular flexibility index (Phi) is 15.0. The van der Waals surface area contributed by atoms with Crippen LogP contribution in [0, 0.1) is 41.3 Å². The van der Waals surface area contributed by atoms with Gasteiger partial charge >= 0.3 is 11.9 Å². The highest BCUT2D eigenvalue weighted by Gasteiger charge is 2.36. The minimum atomic E-state index is -0.573. The quantitative estimate of drug-likeness (QED) is 0.109. The van der Waals surface area contributed by atoms with Crippen molar-refractivity contribution in [3.05, 3.63) is 59.4 Å². The number of hydrogen-bond donors (Lipinski definition) is 1. The van der Waals surface area contributed by atoms with Crippen LogP contribution < -0.4 is 0 Å². The number of benzene rings is 1. The molecule has 3 aliphatic rings. The Bertz CT molecular complexity index is 1170. The molecule has 0 amide bonds. The van der Waals surface area contributed by atoms with Gasteiger partial charge < -0.3 is 14.6 Å². The van der Waals surface area contributed by atoms with E-state index in [9.17, 15) is 14.0 Å². The molecule has 1 unspecified atom stereocenters. The fraction of sp³-hybridized carbons (Fsp3) is 0.707. The van der Waals surface area contributed by atoms with E-state index in [0.717, 1.165) is 67.8 Å². The summed E-state index contributed by atoms with van der Waals surface area (Å²) in [5.74, 6) is 3.38. The predicted molar refractivity (Wildman–Crippen MR) is 186 cm³/mol. The van der Waals surface area contributed by atoms with Crippen LogP contribution in [0.1, 0.15) is 134 Å². The van der Waals surface area contributed by atoms with Crippen molar-refractivity contribution >= 4 is 11.9 Å². The van der Waals surface area contributed by atoms with Crippen LogP contribution in [0.5, 0.6) is 0 Å². The van der Waals surface area contributed by atoms with Gasteiger partial charge in [-0.1, -0.05) is 45.1 Å². The van der Waals surface area contributed by atoms with Gasteiger partial charge in [0.1, 0.15) is 5.82 Å². The van der Waals surface area contributed by atoms with E-state index in [-0.39, 0.29) is 29.9 Å². The lowest BCUT2D eigenvalue weighted by Gasteiger charge is -2.42. The van der Waals surface area contributed by atoms with Crippen LogP contribution in [0.2, 0.25) is 0 Å². The van der Waals surface area contributed by atoms with Gasteiger partial charge in [0.15, 0.2) is 0 Å². The highest BCUT2D eigenvalue weighted by Crippen LogP contribution is 2.48. The molecule has 3 fully saturated rings. The summed E-state index contributed by atoms with van der Waals surface area (Å²) >= 11 is 0. The van der Waals surface area contributed by atoms with E-state index in [1.54, 1.807) is 6.92 Å². The summed E-state index contributed by atoms with van der Waals surface area (Å²) < 4.78 is 25.7. The maximum atomic E-state index is 14.8. The third-order valence-corrected chi connectivity index (χ3v) is 12.0. The van der Waals surface area contributed by atoms with E-state index < -0.39 is 12.6 Å². The summed E-state index contributed by atoms with van der Waals surface area (Å²) in [6, 6.07) is 6.10. The van der Waals surface area contributed by atoms with Crippen LogP contribution >= 0.6 is 0 Å². The normalized spacial score (nSPS) is 27.1. The molecular formula is C41H61FO5. The van der Waals surface area contributed by atoms with Crippen molar-refractivity contribution in [1.82, 2.24) is 0 Å². The second kappa shape index (κ2) is 18.9. The molecule has 6 heteroatoms. The van der Waals surface area contributed by atoms with Gasteiger partial charge in [-0.15, -0.1) is 0 Å². The molecule has 4 rings (SSSR count). The largest absolute Gasteiger partial charge is 0.462 e. The maximum Gasteiger partial charge on any atom is 0.335 e. The minimum Gasteiger partial charge on any atom is -0.462 e. The van der Waals surface area contributed by atoms with Crippen molar-refractivity contribution in [2.75, 3.05) is 19.8 Å². The summed E-state index contributed by atoms with van der Waals surface area (Å²) in [6.07, 6.45) is 19.9. The van der Waals surface area contributed by atoms with E-state index in [0.29, 0.717) is 30.4 Å². The van der Waals surface area contributed by atoms with Crippen LogP contribution in [0.15, 0.2) is 42.5 Å². The Hall–Kier alpha value is -2.47. The molecule has 47 heavy (non-hydrogen) atoms. The van der Waals surface area contributed by atoms with Crippen molar-refractivity contribution < 1.29 is 28.6 Å². The molecule has 0 bridgehead atoms. The molecule has 3 aliphatic carbocycles. The smallest absolute Gasteiger partial charge is 0.335 e. The number of carbonyl (C=O) groups excluding carboxylic acids is 2. The summed E-state index contributed by atoms with van der Waals surface area (Å²) in [7, 11) is 0. The Morgan fingerprint density at radius 2 is 1.43 bits per heavy atom.